The van der Waals surface area contributed by atoms with Crippen LogP contribution in [0.25, 0.3) is 0 Å². The average molecular weight is 431 g/mol. The second-order valence-corrected chi connectivity index (χ2v) is 7.70. The van der Waals surface area contributed by atoms with Gasteiger partial charge in [0.2, 0.25) is 11.8 Å². The van der Waals surface area contributed by atoms with Crippen LogP contribution in [0.1, 0.15) is 22.8 Å². The van der Waals surface area contributed by atoms with Crippen molar-refractivity contribution in [2.75, 3.05) is 18.5 Å². The molecule has 0 saturated carbocycles. The summed E-state index contributed by atoms with van der Waals surface area (Å²) in [7, 11) is 0. The third kappa shape index (κ3) is 5.19. The van der Waals surface area contributed by atoms with Gasteiger partial charge in [-0.3, -0.25) is 14.6 Å². The Kier molecular flexibility index (Phi) is 6.89. The van der Waals surface area contributed by atoms with Gasteiger partial charge in [-0.15, -0.1) is 0 Å². The molecule has 7 heteroatoms. The number of pyridine rings is 1. The van der Waals surface area contributed by atoms with E-state index in [0.717, 1.165) is 16.7 Å². The Balaban J connectivity index is 1.44. The topological polar surface area (TPSA) is 91.8 Å². The van der Waals surface area contributed by atoms with E-state index in [-0.39, 0.29) is 25.0 Å². The molecule has 164 valence electrons. The molecule has 2 N–H and O–H groups in total. The molecular formula is C25H25N3O4. The lowest BCUT2D eigenvalue weighted by atomic mass is 9.98. The molecule has 2 atom stereocenters. The lowest BCUT2D eigenvalue weighted by molar-refractivity contribution is -0.162. The number of morpholine rings is 1. The van der Waals surface area contributed by atoms with E-state index in [2.05, 4.69) is 10.3 Å². The van der Waals surface area contributed by atoms with Crippen molar-refractivity contribution >= 4 is 17.5 Å². The number of aliphatic hydroxyl groups excluding tert-OH is 1. The van der Waals surface area contributed by atoms with Gasteiger partial charge in [0.25, 0.3) is 0 Å². The third-order valence-corrected chi connectivity index (χ3v) is 5.45. The summed E-state index contributed by atoms with van der Waals surface area (Å²) in [5.74, 6) is -0.270. The number of carbonyl (C=O) groups excluding carboxylic acids is 2. The monoisotopic (exact) mass is 431 g/mol. The van der Waals surface area contributed by atoms with E-state index >= 15 is 0 Å². The molecule has 0 radical (unpaired) electrons. The van der Waals surface area contributed by atoms with Crippen LogP contribution in [0.15, 0.2) is 79.1 Å². The second-order valence-electron chi connectivity index (χ2n) is 7.70. The van der Waals surface area contributed by atoms with Gasteiger partial charge in [-0.25, -0.2) is 0 Å². The summed E-state index contributed by atoms with van der Waals surface area (Å²) in [5.41, 5.74) is 3.33. The first-order valence-corrected chi connectivity index (χ1v) is 10.5. The van der Waals surface area contributed by atoms with Crippen molar-refractivity contribution < 1.29 is 19.4 Å². The molecule has 1 aliphatic heterocycles. The molecule has 1 fully saturated rings. The molecule has 2 heterocycles. The maximum atomic E-state index is 12.5. The lowest BCUT2D eigenvalue weighted by Gasteiger charge is -2.40. The van der Waals surface area contributed by atoms with E-state index in [1.807, 2.05) is 54.6 Å². The van der Waals surface area contributed by atoms with E-state index < -0.39 is 12.1 Å². The zero-order valence-corrected chi connectivity index (χ0v) is 17.6. The fourth-order valence-electron chi connectivity index (χ4n) is 3.85. The number of ether oxygens (including phenoxy) is 1. The number of rotatable bonds is 7. The van der Waals surface area contributed by atoms with Gasteiger partial charge in [0.05, 0.1) is 19.1 Å². The van der Waals surface area contributed by atoms with Gasteiger partial charge in [0, 0.05) is 24.6 Å². The van der Waals surface area contributed by atoms with Crippen LogP contribution in [0.3, 0.4) is 0 Å². The lowest BCUT2D eigenvalue weighted by Crippen LogP contribution is -2.52. The van der Waals surface area contributed by atoms with Gasteiger partial charge in [0.1, 0.15) is 12.7 Å². The minimum absolute atomic E-state index is 0.0585. The zero-order valence-electron chi connectivity index (χ0n) is 17.6. The van der Waals surface area contributed by atoms with Gasteiger partial charge in [-0.2, -0.15) is 0 Å². The SMILES string of the molecule is O=C(Cc1ccccc1)Nc1ccc([C@H]2OCC(=O)N(Cc3cccnc3)[C@@H]2CO)cc1. The highest BCUT2D eigenvalue weighted by atomic mass is 16.5. The number of hydrogen-bond donors (Lipinski definition) is 2. The fourth-order valence-corrected chi connectivity index (χ4v) is 3.85. The maximum absolute atomic E-state index is 12.5. The van der Waals surface area contributed by atoms with Crippen LogP contribution in [-0.4, -0.2) is 46.1 Å². The molecule has 2 amide bonds. The predicted octanol–water partition coefficient (Wildman–Crippen LogP) is 2.72. The van der Waals surface area contributed by atoms with Crippen molar-refractivity contribution in [3.63, 3.8) is 0 Å². The number of amides is 2. The largest absolute Gasteiger partial charge is 0.394 e. The van der Waals surface area contributed by atoms with Crippen LogP contribution in [0.5, 0.6) is 0 Å². The van der Waals surface area contributed by atoms with Crippen molar-refractivity contribution in [1.82, 2.24) is 9.88 Å². The molecule has 4 rings (SSSR count). The van der Waals surface area contributed by atoms with Crippen molar-refractivity contribution in [3.05, 3.63) is 95.8 Å². The Morgan fingerprint density at radius 3 is 2.50 bits per heavy atom. The zero-order chi connectivity index (χ0) is 22.3. The quantitative estimate of drug-likeness (QED) is 0.600. The van der Waals surface area contributed by atoms with Crippen molar-refractivity contribution in [2.24, 2.45) is 0 Å². The van der Waals surface area contributed by atoms with Crippen molar-refractivity contribution in [1.29, 1.82) is 0 Å². The summed E-state index contributed by atoms with van der Waals surface area (Å²) in [6.45, 7) is 0.0641. The van der Waals surface area contributed by atoms with Crippen LogP contribution in [-0.2, 0) is 27.3 Å². The van der Waals surface area contributed by atoms with Crippen LogP contribution in [0.2, 0.25) is 0 Å². The Morgan fingerprint density at radius 1 is 1.06 bits per heavy atom. The summed E-state index contributed by atoms with van der Waals surface area (Å²) in [6.07, 6.45) is 3.21. The first kappa shape index (κ1) is 21.7. The Hall–Kier alpha value is -3.55. The summed E-state index contributed by atoms with van der Waals surface area (Å²) in [5, 5.41) is 12.9. The minimum Gasteiger partial charge on any atom is -0.394 e. The standard InChI is InChI=1S/C25H25N3O4/c29-16-22-25(32-17-24(31)28(22)15-19-7-4-12-26-14-19)20-8-10-21(11-9-20)27-23(30)13-18-5-2-1-3-6-18/h1-12,14,22,25,29H,13,15-17H2,(H,27,30)/t22-,25-/m1/s1. The van der Waals surface area contributed by atoms with Gasteiger partial charge in [0.15, 0.2) is 0 Å². The van der Waals surface area contributed by atoms with E-state index in [1.165, 1.54) is 0 Å². The molecule has 0 aliphatic carbocycles. The van der Waals surface area contributed by atoms with Gasteiger partial charge in [-0.1, -0.05) is 48.5 Å². The maximum Gasteiger partial charge on any atom is 0.249 e. The normalized spacial score (nSPS) is 18.4. The molecule has 0 spiro atoms. The molecule has 32 heavy (non-hydrogen) atoms. The van der Waals surface area contributed by atoms with Crippen LogP contribution in [0, 0.1) is 0 Å². The fraction of sp³-hybridized carbons (Fsp3) is 0.240. The van der Waals surface area contributed by atoms with Crippen LogP contribution in [0.4, 0.5) is 5.69 Å². The van der Waals surface area contributed by atoms with Gasteiger partial charge in [-0.05, 0) is 34.9 Å². The molecule has 3 aromatic rings. The number of nitrogens with one attached hydrogen (secondary N) is 1. The third-order valence-electron chi connectivity index (χ3n) is 5.45. The minimum atomic E-state index is -0.519. The van der Waals surface area contributed by atoms with Crippen molar-refractivity contribution in [3.8, 4) is 0 Å². The van der Waals surface area contributed by atoms with Crippen molar-refractivity contribution in [2.45, 2.75) is 25.1 Å². The average Bonchev–Trinajstić information content (AvgIpc) is 2.82. The highest BCUT2D eigenvalue weighted by Gasteiger charge is 2.37. The number of benzene rings is 2. The first-order chi connectivity index (χ1) is 15.6. The molecule has 1 saturated heterocycles. The summed E-state index contributed by atoms with van der Waals surface area (Å²) in [4.78, 5) is 30.5. The van der Waals surface area contributed by atoms with E-state index in [4.69, 9.17) is 4.74 Å². The Morgan fingerprint density at radius 2 is 1.81 bits per heavy atom. The number of nitrogens with zero attached hydrogens (tertiary/aromatic N) is 2. The second kappa shape index (κ2) is 10.2. The van der Waals surface area contributed by atoms with Crippen LogP contribution < -0.4 is 5.32 Å². The van der Waals surface area contributed by atoms with Gasteiger partial charge >= 0.3 is 0 Å². The molecule has 1 aromatic heterocycles. The summed E-state index contributed by atoms with van der Waals surface area (Å²) >= 11 is 0. The first-order valence-electron chi connectivity index (χ1n) is 10.5. The molecule has 7 nitrogen and oxygen atoms in total. The smallest absolute Gasteiger partial charge is 0.249 e. The van der Waals surface area contributed by atoms with Crippen LogP contribution >= 0.6 is 0 Å². The summed E-state index contributed by atoms with van der Waals surface area (Å²) in [6, 6.07) is 20.1. The van der Waals surface area contributed by atoms with E-state index in [1.54, 1.807) is 29.4 Å². The number of anilines is 1. The van der Waals surface area contributed by atoms with E-state index in [0.29, 0.717) is 18.7 Å². The highest BCUT2D eigenvalue weighted by molar-refractivity contribution is 5.92. The highest BCUT2D eigenvalue weighted by Crippen LogP contribution is 2.30. The molecular weight excluding hydrogens is 406 g/mol. The number of aliphatic hydroxyl groups is 1. The van der Waals surface area contributed by atoms with E-state index in [9.17, 15) is 14.7 Å². The molecule has 1 aliphatic rings. The Labute approximate surface area is 186 Å². The van der Waals surface area contributed by atoms with Gasteiger partial charge < -0.3 is 20.1 Å². The number of carbonyl (C=O) groups is 2. The summed E-state index contributed by atoms with van der Waals surface area (Å²) < 4.78 is 5.79. The number of hydrogen-bond acceptors (Lipinski definition) is 5. The number of aromatic nitrogens is 1. The Bertz CT molecular complexity index is 1040. The molecule has 0 bridgehead atoms. The predicted molar refractivity (Wildman–Crippen MR) is 120 cm³/mol. The molecule has 0 unspecified atom stereocenters. The molecule has 2 aromatic carbocycles.